The molecule has 6 heteroatoms. The number of hydrogen-bond donors (Lipinski definition) is 0. The molecular formula is C24H36F2N2OS. The molecule has 1 heterocycles. The second kappa shape index (κ2) is 14.4. The number of aryl methyl sites for hydroxylation is 1. The fraction of sp³-hybridized carbons (Fsp3) is 0.667. The lowest BCUT2D eigenvalue weighted by atomic mass is 10.1. The van der Waals surface area contributed by atoms with E-state index in [1.54, 1.807) is 6.07 Å². The molecule has 0 aliphatic carbocycles. The van der Waals surface area contributed by atoms with E-state index in [1.165, 1.54) is 68.8 Å². The molecule has 0 saturated heterocycles. The molecule has 0 N–H and O–H groups in total. The van der Waals surface area contributed by atoms with Crippen LogP contribution < -0.4 is 4.74 Å². The lowest BCUT2D eigenvalue weighted by Gasteiger charge is -2.09. The molecule has 0 amide bonds. The summed E-state index contributed by atoms with van der Waals surface area (Å²) in [7, 11) is 0. The van der Waals surface area contributed by atoms with Crippen molar-refractivity contribution in [3.63, 3.8) is 0 Å². The van der Waals surface area contributed by atoms with Crippen LogP contribution in [0.2, 0.25) is 0 Å². The molecule has 0 radical (unpaired) electrons. The van der Waals surface area contributed by atoms with Crippen molar-refractivity contribution in [3.05, 3.63) is 28.8 Å². The third-order valence-corrected chi connectivity index (χ3v) is 6.26. The summed E-state index contributed by atoms with van der Waals surface area (Å²) >= 11 is 1.35. The van der Waals surface area contributed by atoms with Crippen LogP contribution in [-0.4, -0.2) is 16.8 Å². The van der Waals surface area contributed by atoms with E-state index >= 15 is 0 Å². The van der Waals surface area contributed by atoms with Gasteiger partial charge in [-0.3, -0.25) is 0 Å². The number of halogens is 2. The molecule has 168 valence electrons. The van der Waals surface area contributed by atoms with E-state index in [0.717, 1.165) is 37.1 Å². The third kappa shape index (κ3) is 8.29. The minimum absolute atomic E-state index is 0.0282. The van der Waals surface area contributed by atoms with Gasteiger partial charge in [0.05, 0.1) is 12.2 Å². The molecule has 0 fully saturated rings. The van der Waals surface area contributed by atoms with Crippen LogP contribution >= 0.6 is 11.3 Å². The summed E-state index contributed by atoms with van der Waals surface area (Å²) in [6, 6.07) is 3.04. The van der Waals surface area contributed by atoms with E-state index in [9.17, 15) is 8.78 Å². The summed E-state index contributed by atoms with van der Waals surface area (Å²) in [4.78, 5) is 0. The van der Waals surface area contributed by atoms with Gasteiger partial charge in [0.2, 0.25) is 5.82 Å². The largest absolute Gasteiger partial charge is 0.490 e. The number of benzene rings is 1. The normalized spacial score (nSPS) is 11.2. The molecule has 30 heavy (non-hydrogen) atoms. The SMILES string of the molecule is CCCCCCCCCc1nnc(-c2ccc(OCCCCCCC)c(F)c2F)s1. The van der Waals surface area contributed by atoms with Crippen LogP contribution in [0.1, 0.15) is 95.9 Å². The Balaban J connectivity index is 1.82. The fourth-order valence-corrected chi connectivity index (χ4v) is 4.29. The summed E-state index contributed by atoms with van der Waals surface area (Å²) < 4.78 is 34.4. The monoisotopic (exact) mass is 438 g/mol. The maximum absolute atomic E-state index is 14.6. The molecule has 0 aliphatic heterocycles. The Hall–Kier alpha value is -1.56. The smallest absolute Gasteiger partial charge is 0.201 e. The summed E-state index contributed by atoms with van der Waals surface area (Å²) in [5, 5.41) is 9.56. The van der Waals surface area contributed by atoms with Gasteiger partial charge in [-0.2, -0.15) is 4.39 Å². The molecular weight excluding hydrogens is 402 g/mol. The summed E-state index contributed by atoms with van der Waals surface area (Å²) in [5.41, 5.74) is 0.158. The van der Waals surface area contributed by atoms with Crippen LogP contribution in [0.4, 0.5) is 8.78 Å². The van der Waals surface area contributed by atoms with E-state index in [0.29, 0.717) is 11.6 Å². The van der Waals surface area contributed by atoms with Crippen molar-refractivity contribution >= 4 is 11.3 Å². The van der Waals surface area contributed by atoms with Gasteiger partial charge in [0, 0.05) is 6.42 Å². The molecule has 0 spiro atoms. The van der Waals surface area contributed by atoms with E-state index < -0.39 is 11.6 Å². The predicted molar refractivity (Wildman–Crippen MR) is 121 cm³/mol. The quantitative estimate of drug-likeness (QED) is 0.248. The predicted octanol–water partition coefficient (Wildman–Crippen LogP) is 8.13. The number of rotatable bonds is 16. The van der Waals surface area contributed by atoms with Gasteiger partial charge in [0.1, 0.15) is 5.01 Å². The van der Waals surface area contributed by atoms with Crippen molar-refractivity contribution in [2.75, 3.05) is 6.61 Å². The topological polar surface area (TPSA) is 35.0 Å². The molecule has 2 aromatic rings. The molecule has 3 nitrogen and oxygen atoms in total. The lowest BCUT2D eigenvalue weighted by Crippen LogP contribution is -2.01. The molecule has 0 aliphatic rings. The van der Waals surface area contributed by atoms with Crippen LogP contribution in [0.15, 0.2) is 12.1 Å². The van der Waals surface area contributed by atoms with E-state index in [1.807, 2.05) is 0 Å². The number of nitrogens with zero attached hydrogens (tertiary/aromatic N) is 2. The third-order valence-electron chi connectivity index (χ3n) is 5.24. The molecule has 1 aromatic heterocycles. The minimum atomic E-state index is -0.940. The zero-order valence-electron chi connectivity index (χ0n) is 18.5. The van der Waals surface area contributed by atoms with Gasteiger partial charge in [-0.15, -0.1) is 10.2 Å². The van der Waals surface area contributed by atoms with Crippen molar-refractivity contribution in [2.45, 2.75) is 97.3 Å². The number of aromatic nitrogens is 2. The van der Waals surface area contributed by atoms with Crippen LogP contribution in [0.25, 0.3) is 10.6 Å². The first kappa shape index (κ1) is 24.7. The number of ether oxygens (including phenoxy) is 1. The number of hydrogen-bond acceptors (Lipinski definition) is 4. The van der Waals surface area contributed by atoms with E-state index in [2.05, 4.69) is 24.0 Å². The fourth-order valence-electron chi connectivity index (χ4n) is 3.39. The van der Waals surface area contributed by atoms with Gasteiger partial charge in [0.15, 0.2) is 16.6 Å². The zero-order valence-corrected chi connectivity index (χ0v) is 19.3. The molecule has 1 aromatic carbocycles. The Labute approximate surface area is 184 Å². The summed E-state index contributed by atoms with van der Waals surface area (Å²) in [5.74, 6) is -1.87. The van der Waals surface area contributed by atoms with Crippen LogP contribution in [0, 0.1) is 11.6 Å². The van der Waals surface area contributed by atoms with Crippen molar-refractivity contribution in [1.29, 1.82) is 0 Å². The Bertz CT molecular complexity index is 736. The lowest BCUT2D eigenvalue weighted by molar-refractivity contribution is 0.285. The highest BCUT2D eigenvalue weighted by Gasteiger charge is 2.18. The van der Waals surface area contributed by atoms with Gasteiger partial charge >= 0.3 is 0 Å². The summed E-state index contributed by atoms with van der Waals surface area (Å²) in [6.45, 7) is 4.78. The second-order valence-corrected chi connectivity index (χ2v) is 8.94. The van der Waals surface area contributed by atoms with Crippen molar-refractivity contribution in [2.24, 2.45) is 0 Å². The molecule has 0 saturated carbocycles. The van der Waals surface area contributed by atoms with E-state index in [4.69, 9.17) is 4.74 Å². The van der Waals surface area contributed by atoms with Crippen LogP contribution in [0.3, 0.4) is 0 Å². The van der Waals surface area contributed by atoms with Crippen molar-refractivity contribution < 1.29 is 13.5 Å². The van der Waals surface area contributed by atoms with Crippen LogP contribution in [-0.2, 0) is 6.42 Å². The number of unbranched alkanes of at least 4 members (excludes halogenated alkanes) is 10. The van der Waals surface area contributed by atoms with Crippen LogP contribution in [0.5, 0.6) is 5.75 Å². The minimum Gasteiger partial charge on any atom is -0.490 e. The van der Waals surface area contributed by atoms with E-state index in [-0.39, 0.29) is 11.3 Å². The maximum atomic E-state index is 14.6. The second-order valence-electron chi connectivity index (χ2n) is 7.87. The first-order valence-corrected chi connectivity index (χ1v) is 12.4. The Morgan fingerprint density at radius 1 is 0.767 bits per heavy atom. The zero-order chi connectivity index (χ0) is 21.6. The van der Waals surface area contributed by atoms with Crippen molar-refractivity contribution in [3.8, 4) is 16.3 Å². The standard InChI is InChI=1S/C24H36F2N2OS/c1-3-5-7-9-10-11-13-15-21-27-28-24(30-21)19-16-17-20(23(26)22(19)25)29-18-14-12-8-6-4-2/h16-17H,3-15,18H2,1-2H3. The highest BCUT2D eigenvalue weighted by molar-refractivity contribution is 7.14. The molecule has 2 rings (SSSR count). The molecule has 0 bridgehead atoms. The summed E-state index contributed by atoms with van der Waals surface area (Å²) in [6.07, 6.45) is 14.9. The van der Waals surface area contributed by atoms with Crippen molar-refractivity contribution in [1.82, 2.24) is 10.2 Å². The van der Waals surface area contributed by atoms with Gasteiger partial charge in [0.25, 0.3) is 0 Å². The Kier molecular flexibility index (Phi) is 11.9. The highest BCUT2D eigenvalue weighted by Crippen LogP contribution is 2.32. The maximum Gasteiger partial charge on any atom is 0.201 e. The highest BCUT2D eigenvalue weighted by atomic mass is 32.1. The average Bonchev–Trinajstić information content (AvgIpc) is 3.21. The Morgan fingerprint density at radius 2 is 1.40 bits per heavy atom. The van der Waals surface area contributed by atoms with Gasteiger partial charge < -0.3 is 4.74 Å². The van der Waals surface area contributed by atoms with Gasteiger partial charge in [-0.05, 0) is 25.0 Å². The molecule has 0 atom stereocenters. The first-order chi connectivity index (χ1) is 14.7. The Morgan fingerprint density at radius 3 is 2.10 bits per heavy atom. The molecule has 0 unspecified atom stereocenters. The first-order valence-electron chi connectivity index (χ1n) is 11.6. The average molecular weight is 439 g/mol. The van der Waals surface area contributed by atoms with Gasteiger partial charge in [-0.25, -0.2) is 4.39 Å². The van der Waals surface area contributed by atoms with Gasteiger partial charge in [-0.1, -0.05) is 89.4 Å².